The predicted molar refractivity (Wildman–Crippen MR) is 41.4 cm³/mol. The molecule has 0 unspecified atom stereocenters. The Balaban J connectivity index is 3.38. The third-order valence-electron chi connectivity index (χ3n) is 1.24. The minimum absolute atomic E-state index is 0.112. The Labute approximate surface area is 74.2 Å². The number of pyridine rings is 1. The Morgan fingerprint density at radius 2 is 2.17 bits per heavy atom. The topological polar surface area (TPSA) is 53.1 Å². The predicted octanol–water partition coefficient (Wildman–Crippen LogP) is 1.78. The van der Waals surface area contributed by atoms with E-state index in [1.54, 1.807) is 0 Å². The van der Waals surface area contributed by atoms with Crippen LogP contribution in [0.1, 0.15) is 12.0 Å². The Morgan fingerprint density at radius 1 is 1.58 bits per heavy atom. The van der Waals surface area contributed by atoms with Crippen molar-refractivity contribution in [1.29, 1.82) is 0 Å². The first-order valence-corrected chi connectivity index (χ1v) is 3.71. The van der Waals surface area contributed by atoms with E-state index in [4.69, 9.17) is 5.11 Å². The highest BCUT2D eigenvalue weighted by Gasteiger charge is 2.15. The van der Waals surface area contributed by atoms with E-state index in [-0.39, 0.29) is 4.60 Å². The second-order valence-electron chi connectivity index (χ2n) is 2.05. The van der Waals surface area contributed by atoms with Gasteiger partial charge in [-0.2, -0.15) is 0 Å². The highest BCUT2D eigenvalue weighted by Crippen LogP contribution is 2.26. The molecule has 1 aromatic rings. The molecule has 0 fully saturated rings. The highest BCUT2D eigenvalue weighted by atomic mass is 79.9. The average molecular weight is 240 g/mol. The zero-order valence-electron chi connectivity index (χ0n) is 5.64. The van der Waals surface area contributed by atoms with Crippen LogP contribution >= 0.6 is 15.9 Å². The molecule has 0 atom stereocenters. The van der Waals surface area contributed by atoms with Gasteiger partial charge in [-0.15, -0.1) is 0 Å². The van der Waals surface area contributed by atoms with E-state index in [0.29, 0.717) is 0 Å². The molecule has 3 nitrogen and oxygen atoms in total. The largest absolute Gasteiger partial charge is 0.503 e. The fourth-order valence-electron chi connectivity index (χ4n) is 0.706. The molecule has 0 aliphatic rings. The van der Waals surface area contributed by atoms with Gasteiger partial charge in [0.25, 0.3) is 12.0 Å². The van der Waals surface area contributed by atoms with Gasteiger partial charge in [0.1, 0.15) is 0 Å². The number of aromatic nitrogens is 1. The van der Waals surface area contributed by atoms with Crippen LogP contribution in [0.5, 0.6) is 5.75 Å². The van der Waals surface area contributed by atoms with E-state index in [2.05, 4.69) is 20.9 Å². The van der Waals surface area contributed by atoms with Gasteiger partial charge in [0.15, 0.2) is 5.75 Å². The minimum Gasteiger partial charge on any atom is -0.503 e. The molecule has 1 aromatic heterocycles. The molecule has 66 valence electrons. The van der Waals surface area contributed by atoms with Crippen molar-refractivity contribution in [2.24, 2.45) is 0 Å². The maximum absolute atomic E-state index is 12.1. The smallest absolute Gasteiger partial charge is 0.291 e. The molecule has 0 amide bonds. The van der Waals surface area contributed by atoms with E-state index in [9.17, 15) is 13.6 Å². The summed E-state index contributed by atoms with van der Waals surface area (Å²) in [6, 6.07) is 0.960. The van der Waals surface area contributed by atoms with Crippen LogP contribution in [0.2, 0.25) is 0 Å². The number of hydrogen-bond donors (Lipinski definition) is 2. The Bertz CT molecular complexity index is 350. The number of hydrogen-bond acceptors (Lipinski definition) is 2. The van der Waals surface area contributed by atoms with Gasteiger partial charge in [-0.25, -0.2) is 8.78 Å². The lowest BCUT2D eigenvalue weighted by molar-refractivity contribution is 0.147. The molecule has 0 aromatic carbocycles. The molecule has 0 aliphatic carbocycles. The van der Waals surface area contributed by atoms with Crippen LogP contribution in [0, 0.1) is 0 Å². The lowest BCUT2D eigenvalue weighted by atomic mass is 10.2. The zero-order chi connectivity index (χ0) is 9.30. The third kappa shape index (κ3) is 1.63. The molecule has 2 N–H and O–H groups in total. The van der Waals surface area contributed by atoms with E-state index in [1.807, 2.05) is 0 Å². The molecule has 0 radical (unpaired) electrons. The maximum Gasteiger partial charge on any atom is 0.291 e. The number of aromatic amines is 1. The summed E-state index contributed by atoms with van der Waals surface area (Å²) in [6.07, 6.45) is -2.86. The Morgan fingerprint density at radius 3 is 2.67 bits per heavy atom. The van der Waals surface area contributed by atoms with Crippen LogP contribution in [0.15, 0.2) is 15.5 Å². The molecule has 0 aliphatic heterocycles. The molecule has 0 spiro atoms. The first kappa shape index (κ1) is 9.18. The SMILES string of the molecule is O=c1[nH]c(Br)cc(C(F)F)c1O. The van der Waals surface area contributed by atoms with Crippen molar-refractivity contribution in [2.75, 3.05) is 0 Å². The van der Waals surface area contributed by atoms with Crippen molar-refractivity contribution in [3.05, 3.63) is 26.6 Å². The van der Waals surface area contributed by atoms with Gasteiger partial charge in [-0.1, -0.05) is 0 Å². The summed E-state index contributed by atoms with van der Waals surface area (Å²) >= 11 is 2.82. The molecule has 6 heteroatoms. The summed E-state index contributed by atoms with van der Waals surface area (Å²) in [6.45, 7) is 0. The molecule has 0 bridgehead atoms. The van der Waals surface area contributed by atoms with Gasteiger partial charge in [-0.05, 0) is 22.0 Å². The molecule has 0 saturated heterocycles. The number of halogens is 3. The molecule has 0 saturated carbocycles. The van der Waals surface area contributed by atoms with Crippen molar-refractivity contribution in [3.63, 3.8) is 0 Å². The van der Waals surface area contributed by atoms with Gasteiger partial charge >= 0.3 is 0 Å². The van der Waals surface area contributed by atoms with Crippen LogP contribution in [0.4, 0.5) is 8.78 Å². The van der Waals surface area contributed by atoms with Gasteiger partial charge in [0.05, 0.1) is 10.2 Å². The summed E-state index contributed by atoms with van der Waals surface area (Å²) in [5.41, 5.74) is -1.61. The van der Waals surface area contributed by atoms with Gasteiger partial charge in [-0.3, -0.25) is 4.79 Å². The van der Waals surface area contributed by atoms with E-state index >= 15 is 0 Å². The van der Waals surface area contributed by atoms with Crippen LogP contribution in [-0.2, 0) is 0 Å². The van der Waals surface area contributed by atoms with Crippen molar-refractivity contribution >= 4 is 15.9 Å². The van der Waals surface area contributed by atoms with Crippen LogP contribution in [0.25, 0.3) is 0 Å². The normalized spacial score (nSPS) is 10.7. The number of rotatable bonds is 1. The lowest BCUT2D eigenvalue weighted by Gasteiger charge is -2.01. The quantitative estimate of drug-likeness (QED) is 0.735. The van der Waals surface area contributed by atoms with Crippen LogP contribution < -0.4 is 5.56 Å². The highest BCUT2D eigenvalue weighted by molar-refractivity contribution is 9.10. The summed E-state index contributed by atoms with van der Waals surface area (Å²) in [4.78, 5) is 12.8. The Kier molecular flexibility index (Phi) is 2.46. The molecule has 12 heavy (non-hydrogen) atoms. The molecular formula is C6H4BrF2NO2. The zero-order valence-corrected chi connectivity index (χ0v) is 7.23. The lowest BCUT2D eigenvalue weighted by Crippen LogP contribution is -2.07. The maximum atomic E-state index is 12.1. The van der Waals surface area contributed by atoms with E-state index in [1.165, 1.54) is 0 Å². The standard InChI is InChI=1S/C6H4BrF2NO2/c7-3-1-2(5(8)9)4(11)6(12)10-3/h1,5,11H,(H,10,12). The summed E-state index contributed by atoms with van der Waals surface area (Å²) in [5.74, 6) is -0.937. The van der Waals surface area contributed by atoms with Crippen molar-refractivity contribution < 1.29 is 13.9 Å². The fourth-order valence-corrected chi connectivity index (χ4v) is 1.13. The Hall–Kier alpha value is -0.910. The first-order chi connectivity index (χ1) is 5.52. The number of nitrogens with one attached hydrogen (secondary N) is 1. The van der Waals surface area contributed by atoms with Gasteiger partial charge < -0.3 is 10.1 Å². The molecule has 1 heterocycles. The number of H-pyrrole nitrogens is 1. The fraction of sp³-hybridized carbons (Fsp3) is 0.167. The number of alkyl halides is 2. The van der Waals surface area contributed by atoms with Crippen molar-refractivity contribution in [1.82, 2.24) is 4.98 Å². The van der Waals surface area contributed by atoms with E-state index in [0.717, 1.165) is 6.07 Å². The first-order valence-electron chi connectivity index (χ1n) is 2.92. The van der Waals surface area contributed by atoms with Crippen molar-refractivity contribution in [3.8, 4) is 5.75 Å². The summed E-state index contributed by atoms with van der Waals surface area (Å²) < 4.78 is 24.2. The van der Waals surface area contributed by atoms with Crippen LogP contribution in [0.3, 0.4) is 0 Å². The molecule has 1 rings (SSSR count). The monoisotopic (exact) mass is 239 g/mol. The van der Waals surface area contributed by atoms with Gasteiger partial charge in [0, 0.05) is 0 Å². The van der Waals surface area contributed by atoms with Gasteiger partial charge in [0.2, 0.25) is 0 Å². The number of aromatic hydroxyl groups is 1. The second-order valence-corrected chi connectivity index (χ2v) is 2.91. The van der Waals surface area contributed by atoms with Crippen molar-refractivity contribution in [2.45, 2.75) is 6.43 Å². The molecular weight excluding hydrogens is 236 g/mol. The average Bonchev–Trinajstić information content (AvgIpc) is 1.96. The third-order valence-corrected chi connectivity index (χ3v) is 1.67. The van der Waals surface area contributed by atoms with E-state index < -0.39 is 23.3 Å². The second kappa shape index (κ2) is 3.22. The summed E-state index contributed by atoms with van der Waals surface area (Å²) in [7, 11) is 0. The minimum atomic E-state index is -2.86. The summed E-state index contributed by atoms with van der Waals surface area (Å²) in [5, 5.41) is 8.85. The van der Waals surface area contributed by atoms with Crippen LogP contribution in [-0.4, -0.2) is 10.1 Å².